The molecule has 2 rings (SSSR count). The Balaban J connectivity index is 2.22. The standard InChI is InChI=1S/C17H27N3O/c1-13-6-7-16(15(12-13)17(21)19(4)5)20-10-8-14(9-11-20)18(2)3/h6-7,12,14H,8-11H2,1-5H3. The van der Waals surface area contributed by atoms with E-state index in [-0.39, 0.29) is 5.91 Å². The van der Waals surface area contributed by atoms with Crippen LogP contribution in [0.2, 0.25) is 0 Å². The molecular formula is C17H27N3O. The van der Waals surface area contributed by atoms with Gasteiger partial charge in [-0.15, -0.1) is 0 Å². The molecule has 4 heteroatoms. The van der Waals surface area contributed by atoms with Crippen molar-refractivity contribution in [2.24, 2.45) is 0 Å². The van der Waals surface area contributed by atoms with E-state index >= 15 is 0 Å². The molecule has 0 aliphatic carbocycles. The van der Waals surface area contributed by atoms with Gasteiger partial charge in [-0.25, -0.2) is 0 Å². The lowest BCUT2D eigenvalue weighted by atomic mass is 10.0. The zero-order valence-electron chi connectivity index (χ0n) is 13.9. The lowest BCUT2D eigenvalue weighted by molar-refractivity contribution is 0.0828. The summed E-state index contributed by atoms with van der Waals surface area (Å²) in [6.07, 6.45) is 2.30. The van der Waals surface area contributed by atoms with E-state index in [9.17, 15) is 4.79 Å². The molecule has 21 heavy (non-hydrogen) atoms. The van der Waals surface area contributed by atoms with Gasteiger partial charge in [-0.1, -0.05) is 11.6 Å². The van der Waals surface area contributed by atoms with Gasteiger partial charge in [0.15, 0.2) is 0 Å². The van der Waals surface area contributed by atoms with Crippen molar-refractivity contribution in [1.29, 1.82) is 0 Å². The molecule has 0 atom stereocenters. The Morgan fingerprint density at radius 3 is 2.29 bits per heavy atom. The maximum atomic E-state index is 12.4. The van der Waals surface area contributed by atoms with Gasteiger partial charge in [0, 0.05) is 38.9 Å². The van der Waals surface area contributed by atoms with Crippen molar-refractivity contribution in [1.82, 2.24) is 9.80 Å². The fraction of sp³-hybridized carbons (Fsp3) is 0.588. The van der Waals surface area contributed by atoms with Crippen LogP contribution in [-0.2, 0) is 0 Å². The first-order valence-electron chi connectivity index (χ1n) is 7.64. The number of rotatable bonds is 3. The van der Waals surface area contributed by atoms with Crippen LogP contribution in [0.25, 0.3) is 0 Å². The summed E-state index contributed by atoms with van der Waals surface area (Å²) in [6, 6.07) is 6.86. The number of aryl methyl sites for hydroxylation is 1. The molecule has 1 aliphatic rings. The summed E-state index contributed by atoms with van der Waals surface area (Å²) in [5, 5.41) is 0. The average Bonchev–Trinajstić information content (AvgIpc) is 2.46. The van der Waals surface area contributed by atoms with Crippen molar-refractivity contribution >= 4 is 11.6 Å². The molecule has 1 heterocycles. The molecule has 0 N–H and O–H groups in total. The van der Waals surface area contributed by atoms with E-state index in [1.165, 1.54) is 0 Å². The number of hydrogen-bond acceptors (Lipinski definition) is 3. The largest absolute Gasteiger partial charge is 0.371 e. The van der Waals surface area contributed by atoms with Gasteiger partial charge in [-0.05, 0) is 46.0 Å². The quantitative estimate of drug-likeness (QED) is 0.854. The molecule has 0 aromatic heterocycles. The smallest absolute Gasteiger partial charge is 0.255 e. The Hall–Kier alpha value is -1.55. The minimum atomic E-state index is 0.0865. The van der Waals surface area contributed by atoms with Gasteiger partial charge in [-0.3, -0.25) is 4.79 Å². The van der Waals surface area contributed by atoms with Gasteiger partial charge in [0.1, 0.15) is 0 Å². The van der Waals surface area contributed by atoms with Gasteiger partial charge in [0.25, 0.3) is 5.91 Å². The lowest BCUT2D eigenvalue weighted by Gasteiger charge is -2.37. The minimum absolute atomic E-state index is 0.0865. The number of carbonyl (C=O) groups excluding carboxylic acids is 1. The molecule has 0 saturated carbocycles. The predicted octanol–water partition coefficient (Wildman–Crippen LogP) is 2.23. The average molecular weight is 289 g/mol. The third-order valence-corrected chi connectivity index (χ3v) is 4.32. The lowest BCUT2D eigenvalue weighted by Crippen LogP contribution is -2.42. The second kappa shape index (κ2) is 6.48. The molecule has 0 unspecified atom stereocenters. The van der Waals surface area contributed by atoms with Crippen LogP contribution in [0.5, 0.6) is 0 Å². The fourth-order valence-electron chi connectivity index (χ4n) is 2.96. The Morgan fingerprint density at radius 1 is 1.14 bits per heavy atom. The van der Waals surface area contributed by atoms with Crippen molar-refractivity contribution in [2.75, 3.05) is 46.2 Å². The molecule has 116 valence electrons. The second-order valence-corrected chi connectivity index (χ2v) is 6.40. The van der Waals surface area contributed by atoms with Gasteiger partial charge >= 0.3 is 0 Å². The molecular weight excluding hydrogens is 262 g/mol. The Bertz CT molecular complexity index is 503. The molecule has 1 aromatic rings. The third kappa shape index (κ3) is 3.56. The number of piperidine rings is 1. The highest BCUT2D eigenvalue weighted by Crippen LogP contribution is 2.27. The minimum Gasteiger partial charge on any atom is -0.371 e. The normalized spacial score (nSPS) is 16.4. The number of carbonyl (C=O) groups is 1. The van der Waals surface area contributed by atoms with Crippen LogP contribution in [0.15, 0.2) is 18.2 Å². The molecule has 0 radical (unpaired) electrons. The summed E-state index contributed by atoms with van der Waals surface area (Å²) >= 11 is 0. The highest BCUT2D eigenvalue weighted by Gasteiger charge is 2.24. The molecule has 1 amide bonds. The fourth-order valence-corrected chi connectivity index (χ4v) is 2.96. The first-order chi connectivity index (χ1) is 9.90. The first-order valence-corrected chi connectivity index (χ1v) is 7.64. The van der Waals surface area contributed by atoms with Crippen LogP contribution < -0.4 is 4.90 Å². The Morgan fingerprint density at radius 2 is 1.76 bits per heavy atom. The number of amides is 1. The number of hydrogen-bond donors (Lipinski definition) is 0. The second-order valence-electron chi connectivity index (χ2n) is 6.40. The van der Waals surface area contributed by atoms with Crippen LogP contribution in [0.4, 0.5) is 5.69 Å². The summed E-state index contributed by atoms with van der Waals surface area (Å²) < 4.78 is 0. The van der Waals surface area contributed by atoms with Crippen molar-refractivity contribution in [3.8, 4) is 0 Å². The molecule has 1 fully saturated rings. The van der Waals surface area contributed by atoms with Crippen molar-refractivity contribution in [2.45, 2.75) is 25.8 Å². The summed E-state index contributed by atoms with van der Waals surface area (Å²) in [6.45, 7) is 4.06. The zero-order chi connectivity index (χ0) is 15.6. The summed E-state index contributed by atoms with van der Waals surface area (Å²) in [7, 11) is 7.92. The van der Waals surface area contributed by atoms with Crippen LogP contribution in [0, 0.1) is 6.92 Å². The van der Waals surface area contributed by atoms with E-state index in [4.69, 9.17) is 0 Å². The van der Waals surface area contributed by atoms with E-state index < -0.39 is 0 Å². The molecule has 1 aromatic carbocycles. The van der Waals surface area contributed by atoms with Crippen LogP contribution in [0.1, 0.15) is 28.8 Å². The highest BCUT2D eigenvalue weighted by atomic mass is 16.2. The zero-order valence-corrected chi connectivity index (χ0v) is 13.9. The third-order valence-electron chi connectivity index (χ3n) is 4.32. The van der Waals surface area contributed by atoms with Gasteiger partial charge in [-0.2, -0.15) is 0 Å². The maximum absolute atomic E-state index is 12.4. The van der Waals surface area contributed by atoms with Crippen LogP contribution in [0.3, 0.4) is 0 Å². The molecule has 0 spiro atoms. The van der Waals surface area contributed by atoms with E-state index in [0.29, 0.717) is 6.04 Å². The molecule has 1 saturated heterocycles. The van der Waals surface area contributed by atoms with Crippen molar-refractivity contribution in [3.63, 3.8) is 0 Å². The number of anilines is 1. The van der Waals surface area contributed by atoms with Crippen molar-refractivity contribution < 1.29 is 4.79 Å². The van der Waals surface area contributed by atoms with E-state index in [0.717, 1.165) is 42.7 Å². The molecule has 1 aliphatic heterocycles. The highest BCUT2D eigenvalue weighted by molar-refractivity contribution is 5.99. The van der Waals surface area contributed by atoms with E-state index in [2.05, 4.69) is 36.0 Å². The summed E-state index contributed by atoms with van der Waals surface area (Å²) in [5.74, 6) is 0.0865. The Labute approximate surface area is 128 Å². The van der Waals surface area contributed by atoms with Gasteiger partial charge in [0.05, 0.1) is 5.56 Å². The molecule has 0 bridgehead atoms. The first kappa shape index (κ1) is 15.8. The van der Waals surface area contributed by atoms with E-state index in [1.807, 2.05) is 27.1 Å². The molecule has 4 nitrogen and oxygen atoms in total. The number of benzene rings is 1. The summed E-state index contributed by atoms with van der Waals surface area (Å²) in [4.78, 5) is 18.7. The Kier molecular flexibility index (Phi) is 4.88. The van der Waals surface area contributed by atoms with Gasteiger partial charge in [0.2, 0.25) is 0 Å². The maximum Gasteiger partial charge on any atom is 0.255 e. The predicted molar refractivity (Wildman–Crippen MR) is 88.1 cm³/mol. The summed E-state index contributed by atoms with van der Waals surface area (Å²) in [5.41, 5.74) is 3.03. The SMILES string of the molecule is Cc1ccc(N2CCC(N(C)C)CC2)c(C(=O)N(C)C)c1. The van der Waals surface area contributed by atoms with Gasteiger partial charge < -0.3 is 14.7 Å². The number of nitrogens with zero attached hydrogens (tertiary/aromatic N) is 3. The van der Waals surface area contributed by atoms with E-state index in [1.54, 1.807) is 4.90 Å². The monoisotopic (exact) mass is 289 g/mol. The van der Waals surface area contributed by atoms with Crippen LogP contribution >= 0.6 is 0 Å². The van der Waals surface area contributed by atoms with Crippen LogP contribution in [-0.4, -0.2) is 63.0 Å². The van der Waals surface area contributed by atoms with Crippen molar-refractivity contribution in [3.05, 3.63) is 29.3 Å². The topological polar surface area (TPSA) is 26.8 Å².